The average molecular weight is 541 g/mol. The standard InChI is InChI=1S/C24H35N3O3.HI/c1-3-25-24(26-13-8-14-29-16-15-28-2)27-18-22-11-7-12-23(17-22)20-30-19-21-9-5-4-6-10-21;/h4-7,9-12,17H,3,8,13-16,18-20H2,1-2H3,(H2,25,26,27);1H. The largest absolute Gasteiger partial charge is 0.382 e. The van der Waals surface area contributed by atoms with Crippen molar-refractivity contribution in [3.63, 3.8) is 0 Å². The van der Waals surface area contributed by atoms with Crippen molar-refractivity contribution in [3.05, 3.63) is 71.3 Å². The maximum Gasteiger partial charge on any atom is 0.191 e. The van der Waals surface area contributed by atoms with Crippen LogP contribution in [0.4, 0.5) is 0 Å². The van der Waals surface area contributed by atoms with Crippen LogP contribution >= 0.6 is 24.0 Å². The molecule has 0 radical (unpaired) electrons. The molecule has 0 aliphatic carbocycles. The number of rotatable bonds is 14. The van der Waals surface area contributed by atoms with Gasteiger partial charge in [-0.25, -0.2) is 4.99 Å². The van der Waals surface area contributed by atoms with E-state index in [1.54, 1.807) is 7.11 Å². The maximum atomic E-state index is 5.85. The molecule has 7 heteroatoms. The second-order valence-corrected chi connectivity index (χ2v) is 6.88. The quantitative estimate of drug-likeness (QED) is 0.163. The van der Waals surface area contributed by atoms with E-state index in [2.05, 4.69) is 54.0 Å². The Hall–Kier alpha value is -1.68. The van der Waals surface area contributed by atoms with Gasteiger partial charge in [0.1, 0.15) is 0 Å². The number of methoxy groups -OCH3 is 1. The summed E-state index contributed by atoms with van der Waals surface area (Å²) in [7, 11) is 1.68. The highest BCUT2D eigenvalue weighted by Crippen LogP contribution is 2.10. The lowest BCUT2D eigenvalue weighted by molar-refractivity contribution is 0.0698. The predicted molar refractivity (Wildman–Crippen MR) is 137 cm³/mol. The molecule has 0 bridgehead atoms. The van der Waals surface area contributed by atoms with Crippen LogP contribution in [-0.4, -0.2) is 46.0 Å². The molecule has 172 valence electrons. The Labute approximate surface area is 203 Å². The normalized spacial score (nSPS) is 11.1. The molecule has 0 spiro atoms. The SMILES string of the molecule is CCNC(=NCc1cccc(COCc2ccccc2)c1)NCCCOCCOC.I. The van der Waals surface area contributed by atoms with Crippen LogP contribution in [0.25, 0.3) is 0 Å². The topological polar surface area (TPSA) is 64.1 Å². The fourth-order valence-electron chi connectivity index (χ4n) is 2.82. The zero-order valence-electron chi connectivity index (χ0n) is 18.6. The highest BCUT2D eigenvalue weighted by Gasteiger charge is 2.00. The molecular weight excluding hydrogens is 505 g/mol. The predicted octanol–water partition coefficient (Wildman–Crippen LogP) is 4.13. The zero-order chi connectivity index (χ0) is 21.3. The first kappa shape index (κ1) is 27.4. The number of benzene rings is 2. The summed E-state index contributed by atoms with van der Waals surface area (Å²) < 4.78 is 16.3. The van der Waals surface area contributed by atoms with Gasteiger partial charge in [0.15, 0.2) is 5.96 Å². The van der Waals surface area contributed by atoms with Gasteiger partial charge in [-0.2, -0.15) is 0 Å². The van der Waals surface area contributed by atoms with Gasteiger partial charge in [0, 0.05) is 26.8 Å². The summed E-state index contributed by atoms with van der Waals surface area (Å²) in [6.45, 7) is 7.50. The molecule has 2 N–H and O–H groups in total. The Morgan fingerprint density at radius 2 is 1.58 bits per heavy atom. The van der Waals surface area contributed by atoms with E-state index in [0.29, 0.717) is 39.6 Å². The number of nitrogens with one attached hydrogen (secondary N) is 2. The van der Waals surface area contributed by atoms with Crippen molar-refractivity contribution in [2.24, 2.45) is 4.99 Å². The van der Waals surface area contributed by atoms with Gasteiger partial charge < -0.3 is 24.8 Å². The highest BCUT2D eigenvalue weighted by molar-refractivity contribution is 14.0. The summed E-state index contributed by atoms with van der Waals surface area (Å²) in [5, 5.41) is 6.64. The molecule has 0 atom stereocenters. The summed E-state index contributed by atoms with van der Waals surface area (Å²) in [5.41, 5.74) is 3.50. The van der Waals surface area contributed by atoms with Crippen molar-refractivity contribution in [1.29, 1.82) is 0 Å². The second kappa shape index (κ2) is 17.9. The molecule has 0 aliphatic heterocycles. The fraction of sp³-hybridized carbons (Fsp3) is 0.458. The number of hydrogen-bond acceptors (Lipinski definition) is 4. The zero-order valence-corrected chi connectivity index (χ0v) is 21.0. The van der Waals surface area contributed by atoms with E-state index < -0.39 is 0 Å². The molecule has 0 unspecified atom stereocenters. The first-order valence-electron chi connectivity index (χ1n) is 10.6. The smallest absolute Gasteiger partial charge is 0.191 e. The summed E-state index contributed by atoms with van der Waals surface area (Å²) in [5.74, 6) is 0.820. The lowest BCUT2D eigenvalue weighted by atomic mass is 10.1. The van der Waals surface area contributed by atoms with Gasteiger partial charge in [-0.05, 0) is 30.0 Å². The summed E-state index contributed by atoms with van der Waals surface area (Å²) >= 11 is 0. The summed E-state index contributed by atoms with van der Waals surface area (Å²) in [6.07, 6.45) is 0.919. The van der Waals surface area contributed by atoms with Crippen molar-refractivity contribution in [3.8, 4) is 0 Å². The Morgan fingerprint density at radius 1 is 0.839 bits per heavy atom. The first-order valence-corrected chi connectivity index (χ1v) is 10.6. The molecule has 31 heavy (non-hydrogen) atoms. The van der Waals surface area contributed by atoms with Crippen molar-refractivity contribution < 1.29 is 14.2 Å². The fourth-order valence-corrected chi connectivity index (χ4v) is 2.82. The molecule has 0 aliphatic rings. The molecule has 2 aromatic carbocycles. The Morgan fingerprint density at radius 3 is 2.35 bits per heavy atom. The molecule has 0 saturated carbocycles. The molecule has 6 nitrogen and oxygen atoms in total. The van der Waals surface area contributed by atoms with Gasteiger partial charge in [-0.3, -0.25) is 0 Å². The van der Waals surface area contributed by atoms with Crippen LogP contribution in [0.1, 0.15) is 30.0 Å². The van der Waals surface area contributed by atoms with Crippen LogP contribution in [0, 0.1) is 0 Å². The van der Waals surface area contributed by atoms with Crippen molar-refractivity contribution in [1.82, 2.24) is 10.6 Å². The minimum Gasteiger partial charge on any atom is -0.382 e. The first-order chi connectivity index (χ1) is 14.8. The second-order valence-electron chi connectivity index (χ2n) is 6.88. The number of halogens is 1. The molecule has 0 amide bonds. The van der Waals surface area contributed by atoms with Crippen LogP contribution in [-0.2, 0) is 34.0 Å². The minimum atomic E-state index is 0. The summed E-state index contributed by atoms with van der Waals surface area (Å²) in [4.78, 5) is 4.69. The monoisotopic (exact) mass is 541 g/mol. The van der Waals surface area contributed by atoms with E-state index in [1.807, 2.05) is 18.2 Å². The molecule has 2 aromatic rings. The van der Waals surface area contributed by atoms with Crippen LogP contribution in [0.15, 0.2) is 59.6 Å². The van der Waals surface area contributed by atoms with Gasteiger partial charge in [-0.1, -0.05) is 54.6 Å². The van der Waals surface area contributed by atoms with E-state index in [9.17, 15) is 0 Å². The molecular formula is C24H36IN3O3. The Balaban J connectivity index is 0.00000480. The van der Waals surface area contributed by atoms with Gasteiger partial charge in [0.2, 0.25) is 0 Å². The third-order valence-electron chi connectivity index (χ3n) is 4.33. The van der Waals surface area contributed by atoms with Crippen LogP contribution in [0.2, 0.25) is 0 Å². The molecule has 0 fully saturated rings. The minimum absolute atomic E-state index is 0. The highest BCUT2D eigenvalue weighted by atomic mass is 127. The molecule has 2 rings (SSSR count). The molecule has 0 aromatic heterocycles. The lowest BCUT2D eigenvalue weighted by Crippen LogP contribution is -2.38. The average Bonchev–Trinajstić information content (AvgIpc) is 2.78. The van der Waals surface area contributed by atoms with Crippen LogP contribution in [0.5, 0.6) is 0 Å². The maximum absolute atomic E-state index is 5.85. The summed E-state index contributed by atoms with van der Waals surface area (Å²) in [6, 6.07) is 18.6. The van der Waals surface area contributed by atoms with Crippen molar-refractivity contribution in [2.75, 3.05) is 40.0 Å². The number of nitrogens with zero attached hydrogens (tertiary/aromatic N) is 1. The van der Waals surface area contributed by atoms with Gasteiger partial charge in [-0.15, -0.1) is 24.0 Å². The Kier molecular flexibility index (Phi) is 15.8. The van der Waals surface area contributed by atoms with Crippen LogP contribution in [0.3, 0.4) is 0 Å². The third kappa shape index (κ3) is 12.7. The number of guanidine groups is 1. The van der Waals surface area contributed by atoms with E-state index in [0.717, 1.165) is 36.6 Å². The molecule has 0 heterocycles. The number of ether oxygens (including phenoxy) is 3. The number of hydrogen-bond donors (Lipinski definition) is 2. The van der Waals surface area contributed by atoms with E-state index in [-0.39, 0.29) is 24.0 Å². The van der Waals surface area contributed by atoms with Gasteiger partial charge in [0.25, 0.3) is 0 Å². The lowest BCUT2D eigenvalue weighted by Gasteiger charge is -2.12. The van der Waals surface area contributed by atoms with E-state index in [1.165, 1.54) is 5.56 Å². The van der Waals surface area contributed by atoms with Gasteiger partial charge in [0.05, 0.1) is 33.0 Å². The number of aliphatic imine (C=N–C) groups is 1. The van der Waals surface area contributed by atoms with Crippen molar-refractivity contribution >= 4 is 29.9 Å². The van der Waals surface area contributed by atoms with E-state index in [4.69, 9.17) is 19.2 Å². The van der Waals surface area contributed by atoms with Crippen molar-refractivity contribution in [2.45, 2.75) is 33.1 Å². The van der Waals surface area contributed by atoms with Gasteiger partial charge >= 0.3 is 0 Å². The van der Waals surface area contributed by atoms with E-state index >= 15 is 0 Å². The molecule has 0 saturated heterocycles. The third-order valence-corrected chi connectivity index (χ3v) is 4.33. The van der Waals surface area contributed by atoms with Crippen LogP contribution < -0.4 is 10.6 Å². The Bertz CT molecular complexity index is 729.